The maximum atomic E-state index is 5.04. The van der Waals surface area contributed by atoms with E-state index in [4.69, 9.17) is 5.10 Å². The van der Waals surface area contributed by atoms with Crippen LogP contribution in [0.5, 0.6) is 0 Å². The molecule has 0 unspecified atom stereocenters. The molecule has 144 valence electrons. The van der Waals surface area contributed by atoms with Gasteiger partial charge in [-0.2, -0.15) is 0 Å². The standard InChI is InChI=1S/C26H21N4/c1-5-13-21(14-6-1)25-28-29(24-19-11-4-12-20-24)26(22-15-7-2-8-16-22)30(25)27-23-17-9-3-10-18-23/h1-20,27H/q+1. The molecule has 1 heterocycles. The third kappa shape index (κ3) is 3.47. The maximum absolute atomic E-state index is 5.04. The highest BCUT2D eigenvalue weighted by atomic mass is 15.5. The van der Waals surface area contributed by atoms with Gasteiger partial charge in [-0.25, -0.2) is 5.43 Å². The molecule has 5 rings (SSSR count). The van der Waals surface area contributed by atoms with Crippen molar-refractivity contribution < 1.29 is 4.68 Å². The highest BCUT2D eigenvalue weighted by molar-refractivity contribution is 5.60. The molecule has 4 aromatic carbocycles. The van der Waals surface area contributed by atoms with E-state index in [9.17, 15) is 0 Å². The lowest BCUT2D eigenvalue weighted by Crippen LogP contribution is -2.45. The van der Waals surface area contributed by atoms with E-state index in [0.29, 0.717) is 0 Å². The Morgan fingerprint density at radius 1 is 0.567 bits per heavy atom. The molecule has 0 bridgehead atoms. The Morgan fingerprint density at radius 2 is 1.07 bits per heavy atom. The Kier molecular flexibility index (Phi) is 4.80. The smallest absolute Gasteiger partial charge is 0.244 e. The molecule has 1 N–H and O–H groups in total. The first-order valence-electron chi connectivity index (χ1n) is 9.93. The number of rotatable bonds is 5. The van der Waals surface area contributed by atoms with Crippen LogP contribution < -0.4 is 10.1 Å². The number of para-hydroxylation sites is 2. The fourth-order valence-corrected chi connectivity index (χ4v) is 3.49. The Hall–Kier alpha value is -4.18. The molecule has 0 spiro atoms. The summed E-state index contributed by atoms with van der Waals surface area (Å²) in [7, 11) is 0. The molecule has 0 amide bonds. The third-order valence-corrected chi connectivity index (χ3v) is 4.90. The predicted octanol–water partition coefficient (Wildman–Crippen LogP) is 5.37. The van der Waals surface area contributed by atoms with Gasteiger partial charge < -0.3 is 0 Å². The van der Waals surface area contributed by atoms with Gasteiger partial charge in [-0.3, -0.25) is 0 Å². The monoisotopic (exact) mass is 389 g/mol. The quantitative estimate of drug-likeness (QED) is 0.410. The van der Waals surface area contributed by atoms with Gasteiger partial charge in [0.2, 0.25) is 0 Å². The van der Waals surface area contributed by atoms with E-state index >= 15 is 0 Å². The number of nitrogens with one attached hydrogen (secondary N) is 1. The average molecular weight is 389 g/mol. The van der Waals surface area contributed by atoms with Crippen LogP contribution in [0.1, 0.15) is 0 Å². The van der Waals surface area contributed by atoms with Crippen LogP contribution in [0, 0.1) is 0 Å². The largest absolute Gasteiger partial charge is 0.331 e. The Balaban J connectivity index is 1.80. The minimum atomic E-state index is 0.835. The van der Waals surface area contributed by atoms with Gasteiger partial charge >= 0.3 is 5.82 Å². The van der Waals surface area contributed by atoms with Crippen molar-refractivity contribution >= 4 is 5.69 Å². The maximum Gasteiger partial charge on any atom is 0.331 e. The average Bonchev–Trinajstić information content (AvgIpc) is 3.20. The van der Waals surface area contributed by atoms with Crippen molar-refractivity contribution in [3.63, 3.8) is 0 Å². The number of anilines is 1. The number of aromatic nitrogens is 3. The van der Waals surface area contributed by atoms with Crippen molar-refractivity contribution in [1.29, 1.82) is 0 Å². The van der Waals surface area contributed by atoms with Crippen LogP contribution in [0.25, 0.3) is 28.5 Å². The molecule has 1 aromatic heterocycles. The molecule has 4 nitrogen and oxygen atoms in total. The molecule has 0 radical (unpaired) electrons. The minimum absolute atomic E-state index is 0.835. The van der Waals surface area contributed by atoms with Gasteiger partial charge in [0.05, 0.1) is 21.9 Å². The zero-order chi connectivity index (χ0) is 20.2. The number of hydrogen-bond acceptors (Lipinski definition) is 2. The van der Waals surface area contributed by atoms with Crippen LogP contribution >= 0.6 is 0 Å². The van der Waals surface area contributed by atoms with E-state index in [2.05, 4.69) is 58.6 Å². The van der Waals surface area contributed by atoms with Gasteiger partial charge in [-0.15, -0.1) is 4.68 Å². The Bertz CT molecular complexity index is 1230. The van der Waals surface area contributed by atoms with Gasteiger partial charge in [0, 0.05) is 0 Å². The summed E-state index contributed by atoms with van der Waals surface area (Å²) < 4.78 is 4.06. The van der Waals surface area contributed by atoms with Crippen LogP contribution in [-0.4, -0.2) is 9.78 Å². The van der Waals surface area contributed by atoms with Crippen molar-refractivity contribution in [3.8, 4) is 28.5 Å². The highest BCUT2D eigenvalue weighted by Crippen LogP contribution is 2.24. The molecule has 30 heavy (non-hydrogen) atoms. The molecular formula is C26H21N4+. The van der Waals surface area contributed by atoms with Gasteiger partial charge in [0.15, 0.2) is 0 Å². The summed E-state index contributed by atoms with van der Waals surface area (Å²) in [6, 6.07) is 41.0. The summed E-state index contributed by atoms with van der Waals surface area (Å²) in [5.41, 5.74) is 7.66. The van der Waals surface area contributed by atoms with E-state index < -0.39 is 0 Å². The zero-order valence-corrected chi connectivity index (χ0v) is 16.4. The summed E-state index contributed by atoms with van der Waals surface area (Å²) in [4.78, 5) is 0. The van der Waals surface area contributed by atoms with Crippen LogP contribution in [0.2, 0.25) is 0 Å². The van der Waals surface area contributed by atoms with Crippen molar-refractivity contribution in [2.24, 2.45) is 0 Å². The second kappa shape index (κ2) is 8.05. The lowest BCUT2D eigenvalue weighted by molar-refractivity contribution is -0.620. The fraction of sp³-hybridized carbons (Fsp3) is 0. The first kappa shape index (κ1) is 17.9. The van der Waals surface area contributed by atoms with Gasteiger partial charge in [0.1, 0.15) is 5.69 Å². The van der Waals surface area contributed by atoms with E-state index in [1.807, 2.05) is 77.5 Å². The summed E-state index contributed by atoms with van der Waals surface area (Å²) in [6.07, 6.45) is 0. The number of benzene rings is 4. The molecule has 0 aliphatic rings. The van der Waals surface area contributed by atoms with Crippen molar-refractivity contribution in [1.82, 2.24) is 9.78 Å². The first-order valence-corrected chi connectivity index (χ1v) is 9.93. The summed E-state index contributed by atoms with van der Waals surface area (Å²) in [6.45, 7) is 0. The first-order chi connectivity index (χ1) is 14.9. The third-order valence-electron chi connectivity index (χ3n) is 4.90. The van der Waals surface area contributed by atoms with Crippen LogP contribution in [0.3, 0.4) is 0 Å². The van der Waals surface area contributed by atoms with E-state index in [-0.39, 0.29) is 0 Å². The molecule has 0 saturated heterocycles. The van der Waals surface area contributed by atoms with Gasteiger partial charge in [0.25, 0.3) is 5.82 Å². The Labute approximate surface area is 175 Å². The molecule has 4 heteroatoms. The highest BCUT2D eigenvalue weighted by Gasteiger charge is 2.30. The second-order valence-corrected chi connectivity index (χ2v) is 6.94. The Morgan fingerprint density at radius 3 is 1.67 bits per heavy atom. The molecule has 0 fully saturated rings. The van der Waals surface area contributed by atoms with Crippen molar-refractivity contribution in [2.75, 3.05) is 5.43 Å². The number of nitrogens with zero attached hydrogens (tertiary/aromatic N) is 3. The van der Waals surface area contributed by atoms with E-state index in [0.717, 1.165) is 34.2 Å². The topological polar surface area (TPSA) is 33.7 Å². The summed E-state index contributed by atoms with van der Waals surface area (Å²) >= 11 is 0. The molecule has 0 aliphatic carbocycles. The normalized spacial score (nSPS) is 10.7. The van der Waals surface area contributed by atoms with Gasteiger partial charge in [-0.1, -0.05) is 77.5 Å². The number of hydrogen-bond donors (Lipinski definition) is 1. The fourth-order valence-electron chi connectivity index (χ4n) is 3.49. The molecule has 0 aliphatic heterocycles. The van der Waals surface area contributed by atoms with Crippen molar-refractivity contribution in [2.45, 2.75) is 0 Å². The van der Waals surface area contributed by atoms with E-state index in [1.54, 1.807) is 0 Å². The lowest BCUT2D eigenvalue weighted by atomic mass is 10.2. The van der Waals surface area contributed by atoms with Crippen LogP contribution in [-0.2, 0) is 0 Å². The predicted molar refractivity (Wildman–Crippen MR) is 120 cm³/mol. The molecule has 0 atom stereocenters. The summed E-state index contributed by atoms with van der Waals surface area (Å²) in [5, 5.41) is 5.04. The van der Waals surface area contributed by atoms with Crippen molar-refractivity contribution in [3.05, 3.63) is 121 Å². The minimum Gasteiger partial charge on any atom is -0.244 e. The second-order valence-electron chi connectivity index (χ2n) is 6.94. The zero-order valence-electron chi connectivity index (χ0n) is 16.4. The van der Waals surface area contributed by atoms with E-state index in [1.165, 1.54) is 0 Å². The van der Waals surface area contributed by atoms with Crippen LogP contribution in [0.15, 0.2) is 121 Å². The van der Waals surface area contributed by atoms with Crippen LogP contribution in [0.4, 0.5) is 5.69 Å². The summed E-state index contributed by atoms with van der Waals surface area (Å²) in [5.74, 6) is 1.78. The lowest BCUT2D eigenvalue weighted by Gasteiger charge is -2.08. The molecule has 0 saturated carbocycles. The molecule has 5 aromatic rings. The molecular weight excluding hydrogens is 368 g/mol. The SMILES string of the molecule is c1ccc(N[n+]2c(-c3ccccc3)nn(-c3ccccc3)c2-c2ccccc2)cc1. The van der Waals surface area contributed by atoms with Gasteiger partial charge in [-0.05, 0) is 48.5 Å².